The zero-order valence-electron chi connectivity index (χ0n) is 12.5. The van der Waals surface area contributed by atoms with Gasteiger partial charge in [0.2, 0.25) is 0 Å². The number of hydrogen-bond donors (Lipinski definition) is 1. The Hall–Kier alpha value is -1.89. The lowest BCUT2D eigenvalue weighted by atomic mass is 9.74. The lowest BCUT2D eigenvalue weighted by molar-refractivity contribution is -0.0425. The molecule has 3 heteroatoms. The summed E-state index contributed by atoms with van der Waals surface area (Å²) in [6.07, 6.45) is 9.12. The van der Waals surface area contributed by atoms with E-state index in [1.165, 1.54) is 0 Å². The van der Waals surface area contributed by atoms with E-state index in [1.54, 1.807) is 6.20 Å². The molecule has 3 aliphatic heterocycles. The fraction of sp³-hybridized carbons (Fsp3) is 0.421. The number of terminal acetylenes is 1. The molecule has 112 valence electrons. The molecular formula is C19H20N2O. The van der Waals surface area contributed by atoms with Gasteiger partial charge in [-0.15, -0.1) is 12.3 Å². The molecule has 5 rings (SSSR count). The highest BCUT2D eigenvalue weighted by atomic mass is 16.3. The van der Waals surface area contributed by atoms with Crippen LogP contribution in [0.15, 0.2) is 36.5 Å². The lowest BCUT2D eigenvalue weighted by Crippen LogP contribution is -2.55. The Bertz CT molecular complexity index is 730. The predicted octanol–water partition coefficient (Wildman–Crippen LogP) is 2.61. The second-order valence-electron chi connectivity index (χ2n) is 6.48. The van der Waals surface area contributed by atoms with Crippen LogP contribution in [0.4, 0.5) is 0 Å². The molecule has 1 N–H and O–H groups in total. The monoisotopic (exact) mass is 292 g/mol. The number of aliphatic hydroxyl groups excluding tert-OH is 1. The minimum atomic E-state index is -0.477. The van der Waals surface area contributed by atoms with Crippen LogP contribution in [0.2, 0.25) is 0 Å². The number of benzene rings is 1. The number of para-hydroxylation sites is 1. The molecule has 3 nitrogen and oxygen atoms in total. The first-order valence-electron chi connectivity index (χ1n) is 8.00. The molecule has 0 saturated carbocycles. The van der Waals surface area contributed by atoms with Gasteiger partial charge in [0.05, 0.1) is 11.6 Å². The quantitative estimate of drug-likeness (QED) is 0.864. The molecule has 1 aromatic heterocycles. The van der Waals surface area contributed by atoms with Gasteiger partial charge in [-0.3, -0.25) is 9.88 Å². The fourth-order valence-electron chi connectivity index (χ4n) is 4.17. The summed E-state index contributed by atoms with van der Waals surface area (Å²) in [6.45, 7) is 1.97. The van der Waals surface area contributed by atoms with Crippen LogP contribution in [0.3, 0.4) is 0 Å². The third-order valence-electron chi connectivity index (χ3n) is 5.38. The number of fused-ring (bicyclic) bond motifs is 4. The van der Waals surface area contributed by atoms with Crippen molar-refractivity contribution < 1.29 is 5.11 Å². The first-order valence-corrected chi connectivity index (χ1v) is 8.00. The molecule has 2 aromatic rings. The van der Waals surface area contributed by atoms with Gasteiger partial charge in [-0.2, -0.15) is 0 Å². The summed E-state index contributed by atoms with van der Waals surface area (Å²) in [7, 11) is 0. The van der Waals surface area contributed by atoms with Gasteiger partial charge >= 0.3 is 0 Å². The van der Waals surface area contributed by atoms with Crippen LogP contribution in [0.1, 0.15) is 24.5 Å². The average molecular weight is 292 g/mol. The van der Waals surface area contributed by atoms with Gasteiger partial charge < -0.3 is 5.11 Å². The third-order valence-corrected chi connectivity index (χ3v) is 5.38. The fourth-order valence-corrected chi connectivity index (χ4v) is 4.17. The van der Waals surface area contributed by atoms with Crippen molar-refractivity contribution >= 4 is 10.9 Å². The molecule has 0 radical (unpaired) electrons. The van der Waals surface area contributed by atoms with Crippen molar-refractivity contribution in [2.75, 3.05) is 13.1 Å². The molecule has 0 amide bonds. The van der Waals surface area contributed by atoms with E-state index < -0.39 is 6.10 Å². The zero-order valence-corrected chi connectivity index (χ0v) is 12.5. The van der Waals surface area contributed by atoms with Crippen molar-refractivity contribution in [3.05, 3.63) is 42.1 Å². The van der Waals surface area contributed by atoms with Gasteiger partial charge in [0.25, 0.3) is 0 Å². The van der Waals surface area contributed by atoms with Gasteiger partial charge in [-0.05, 0) is 43.0 Å². The minimum absolute atomic E-state index is 0.175. The van der Waals surface area contributed by atoms with Crippen molar-refractivity contribution in [2.24, 2.45) is 11.8 Å². The van der Waals surface area contributed by atoms with Crippen LogP contribution in [0, 0.1) is 24.2 Å². The lowest BCUT2D eigenvalue weighted by Gasteiger charge is -2.50. The van der Waals surface area contributed by atoms with Crippen molar-refractivity contribution in [2.45, 2.75) is 25.0 Å². The van der Waals surface area contributed by atoms with Gasteiger partial charge in [-0.25, -0.2) is 0 Å². The number of nitrogens with zero attached hydrogens (tertiary/aromatic N) is 2. The van der Waals surface area contributed by atoms with E-state index in [0.717, 1.165) is 42.4 Å². The molecule has 5 atom stereocenters. The minimum Gasteiger partial charge on any atom is -0.387 e. The highest BCUT2D eigenvalue weighted by Gasteiger charge is 2.42. The first-order chi connectivity index (χ1) is 10.8. The summed E-state index contributed by atoms with van der Waals surface area (Å²) >= 11 is 0. The number of aliphatic hydroxyl groups is 1. The van der Waals surface area contributed by atoms with Crippen LogP contribution in [0.25, 0.3) is 10.9 Å². The van der Waals surface area contributed by atoms with E-state index in [2.05, 4.69) is 15.8 Å². The predicted molar refractivity (Wildman–Crippen MR) is 87.1 cm³/mol. The zero-order chi connectivity index (χ0) is 15.1. The van der Waals surface area contributed by atoms with Crippen molar-refractivity contribution in [1.82, 2.24) is 9.88 Å². The number of piperidine rings is 3. The summed E-state index contributed by atoms with van der Waals surface area (Å²) < 4.78 is 0. The van der Waals surface area contributed by atoms with E-state index in [-0.39, 0.29) is 6.04 Å². The Morgan fingerprint density at radius 1 is 1.32 bits per heavy atom. The smallest absolute Gasteiger partial charge is 0.0952 e. The van der Waals surface area contributed by atoms with E-state index in [9.17, 15) is 5.11 Å². The first kappa shape index (κ1) is 13.8. The Balaban J connectivity index is 1.67. The van der Waals surface area contributed by atoms with E-state index in [0.29, 0.717) is 11.8 Å². The van der Waals surface area contributed by atoms with Crippen molar-refractivity contribution in [1.29, 1.82) is 0 Å². The number of hydrogen-bond acceptors (Lipinski definition) is 3. The normalized spacial score (nSPS) is 31.8. The summed E-state index contributed by atoms with van der Waals surface area (Å²) in [6, 6.07) is 10.1. The van der Waals surface area contributed by atoms with Crippen molar-refractivity contribution in [3.8, 4) is 12.3 Å². The highest BCUT2D eigenvalue weighted by Crippen LogP contribution is 2.41. The summed E-state index contributed by atoms with van der Waals surface area (Å²) in [4.78, 5) is 6.77. The SMILES string of the molecule is C#C[C@H]1CN2CC[C@H]1C[C@@H]2[C@@H](O)c1ccnc2ccccc12. The molecule has 2 bridgehead atoms. The Kier molecular flexibility index (Phi) is 3.37. The molecule has 4 heterocycles. The Morgan fingerprint density at radius 3 is 2.95 bits per heavy atom. The summed E-state index contributed by atoms with van der Waals surface area (Å²) in [5.41, 5.74) is 1.93. The third kappa shape index (κ3) is 2.11. The van der Waals surface area contributed by atoms with E-state index in [1.807, 2.05) is 30.3 Å². The molecule has 3 saturated heterocycles. The molecule has 1 aromatic carbocycles. The van der Waals surface area contributed by atoms with Gasteiger partial charge in [0, 0.05) is 30.1 Å². The van der Waals surface area contributed by atoms with Crippen LogP contribution in [-0.2, 0) is 0 Å². The van der Waals surface area contributed by atoms with Crippen LogP contribution in [-0.4, -0.2) is 34.1 Å². The molecule has 0 spiro atoms. The number of rotatable bonds is 2. The molecular weight excluding hydrogens is 272 g/mol. The largest absolute Gasteiger partial charge is 0.387 e. The maximum absolute atomic E-state index is 11.0. The molecule has 1 unspecified atom stereocenters. The molecule has 3 fully saturated rings. The Morgan fingerprint density at radius 2 is 2.18 bits per heavy atom. The maximum atomic E-state index is 11.0. The standard InChI is InChI=1S/C19H20N2O/c1-2-13-12-21-10-8-14(13)11-18(21)19(22)16-7-9-20-17-6-4-3-5-15(16)17/h1,3-7,9,13-14,18-19,22H,8,10-12H2/t13-,14-,18+,19-/m0/s1. The van der Waals surface area contributed by atoms with E-state index in [4.69, 9.17) is 6.42 Å². The van der Waals surface area contributed by atoms with Crippen LogP contribution in [0.5, 0.6) is 0 Å². The summed E-state index contributed by atoms with van der Waals surface area (Å²) in [5, 5.41) is 12.1. The highest BCUT2D eigenvalue weighted by molar-refractivity contribution is 5.82. The number of aromatic nitrogens is 1. The molecule has 0 aliphatic carbocycles. The van der Waals surface area contributed by atoms with Gasteiger partial charge in [-0.1, -0.05) is 18.2 Å². The maximum Gasteiger partial charge on any atom is 0.0952 e. The second kappa shape index (κ2) is 5.39. The van der Waals surface area contributed by atoms with Gasteiger partial charge in [0.15, 0.2) is 0 Å². The van der Waals surface area contributed by atoms with Crippen molar-refractivity contribution in [3.63, 3.8) is 0 Å². The average Bonchev–Trinajstić information content (AvgIpc) is 2.60. The van der Waals surface area contributed by atoms with E-state index >= 15 is 0 Å². The summed E-state index contributed by atoms with van der Waals surface area (Å²) in [5.74, 6) is 3.84. The second-order valence-corrected chi connectivity index (χ2v) is 6.48. The van der Waals surface area contributed by atoms with Crippen LogP contribution >= 0.6 is 0 Å². The molecule has 22 heavy (non-hydrogen) atoms. The van der Waals surface area contributed by atoms with Crippen LogP contribution < -0.4 is 0 Å². The molecule has 3 aliphatic rings. The number of pyridine rings is 1. The topological polar surface area (TPSA) is 36.4 Å². The van der Waals surface area contributed by atoms with Gasteiger partial charge in [0.1, 0.15) is 0 Å². The Labute approximate surface area is 131 Å².